The monoisotopic (exact) mass is 379 g/mol. The average Bonchev–Trinajstić information content (AvgIpc) is 2.36. The number of nitrogens with one attached hydrogen (secondary N) is 1. The maximum Gasteiger partial charge on any atom is 0.247 e. The van der Waals surface area contributed by atoms with Crippen molar-refractivity contribution < 1.29 is 17.6 Å². The Morgan fingerprint density at radius 2 is 2.05 bits per heavy atom. The lowest BCUT2D eigenvalue weighted by Crippen LogP contribution is -2.63. The summed E-state index contributed by atoms with van der Waals surface area (Å²) >= 11 is 3.04. The fourth-order valence-electron chi connectivity index (χ4n) is 2.16. The van der Waals surface area contributed by atoms with E-state index in [0.717, 1.165) is 16.4 Å². The van der Waals surface area contributed by atoms with Gasteiger partial charge in [0, 0.05) is 23.2 Å². The fourth-order valence-corrected chi connectivity index (χ4v) is 4.31. The van der Waals surface area contributed by atoms with Crippen LogP contribution in [0.3, 0.4) is 0 Å². The number of amides is 1. The maximum absolute atomic E-state index is 14.0. The molecule has 0 saturated carbocycles. The molecule has 1 fully saturated rings. The zero-order valence-electron chi connectivity index (χ0n) is 11.5. The lowest BCUT2D eigenvalue weighted by molar-refractivity contribution is -0.131. The summed E-state index contributed by atoms with van der Waals surface area (Å²) in [4.78, 5) is 11.3. The molecule has 1 aromatic carbocycles. The van der Waals surface area contributed by atoms with Crippen LogP contribution in [-0.4, -0.2) is 37.3 Å². The van der Waals surface area contributed by atoms with Crippen LogP contribution in [0, 0.1) is 5.82 Å². The Kier molecular flexibility index (Phi) is 4.02. The second kappa shape index (κ2) is 5.22. The Balaban J connectivity index is 2.57. The molecule has 0 atom stereocenters. The molecule has 21 heavy (non-hydrogen) atoms. The first-order chi connectivity index (χ1) is 9.58. The van der Waals surface area contributed by atoms with Gasteiger partial charge in [-0.25, -0.2) is 12.8 Å². The average molecular weight is 380 g/mol. The van der Waals surface area contributed by atoms with Gasteiger partial charge >= 0.3 is 0 Å². The van der Waals surface area contributed by atoms with E-state index in [1.54, 1.807) is 0 Å². The molecule has 3 N–H and O–H groups in total. The molecule has 0 radical (unpaired) electrons. The fraction of sp³-hybridized carbons (Fsp3) is 0.417. The van der Waals surface area contributed by atoms with Crippen LogP contribution >= 0.6 is 15.9 Å². The number of nitrogens with two attached hydrogens (primary N) is 1. The van der Waals surface area contributed by atoms with Crippen LogP contribution in [0.1, 0.15) is 13.8 Å². The predicted molar refractivity (Wildman–Crippen MR) is 79.5 cm³/mol. The molecule has 9 heteroatoms. The number of anilines is 1. The van der Waals surface area contributed by atoms with Gasteiger partial charge in [0.1, 0.15) is 16.3 Å². The summed E-state index contributed by atoms with van der Waals surface area (Å²) in [6.07, 6.45) is 0. The molecule has 1 heterocycles. The Bertz CT molecular complexity index is 706. The number of halogens is 2. The zero-order valence-corrected chi connectivity index (χ0v) is 13.9. The summed E-state index contributed by atoms with van der Waals surface area (Å²) in [6.45, 7) is 3.18. The molecular weight excluding hydrogens is 365 g/mol. The molecule has 0 bridgehead atoms. The van der Waals surface area contributed by atoms with Gasteiger partial charge in [-0.1, -0.05) is 0 Å². The van der Waals surface area contributed by atoms with E-state index in [0.29, 0.717) is 0 Å². The van der Waals surface area contributed by atoms with Gasteiger partial charge in [-0.05, 0) is 41.9 Å². The topological polar surface area (TPSA) is 92.5 Å². The van der Waals surface area contributed by atoms with E-state index < -0.39 is 32.2 Å². The largest absolute Gasteiger partial charge is 0.398 e. The number of carbonyl (C=O) groups excluding carboxylic acids is 1. The molecule has 1 saturated heterocycles. The highest BCUT2D eigenvalue weighted by molar-refractivity contribution is 9.10. The Morgan fingerprint density at radius 3 is 2.67 bits per heavy atom. The molecule has 0 aromatic heterocycles. The van der Waals surface area contributed by atoms with Crippen molar-refractivity contribution in [3.05, 3.63) is 22.4 Å². The number of nitrogens with zero attached hydrogens (tertiary/aromatic N) is 1. The number of nitrogen functional groups attached to an aromatic ring is 1. The first-order valence-corrected chi connectivity index (χ1v) is 8.37. The predicted octanol–water partition coefficient (Wildman–Crippen LogP) is 1.07. The highest BCUT2D eigenvalue weighted by Crippen LogP contribution is 2.31. The molecule has 1 aromatic rings. The minimum Gasteiger partial charge on any atom is -0.398 e. The quantitative estimate of drug-likeness (QED) is 0.751. The first-order valence-electron chi connectivity index (χ1n) is 6.14. The summed E-state index contributed by atoms with van der Waals surface area (Å²) in [5, 5.41) is 2.59. The van der Waals surface area contributed by atoms with E-state index in [2.05, 4.69) is 21.2 Å². The summed E-state index contributed by atoms with van der Waals surface area (Å²) < 4.78 is 40.6. The Morgan fingerprint density at radius 1 is 1.43 bits per heavy atom. The normalized spacial score (nSPS) is 19.3. The van der Waals surface area contributed by atoms with Crippen LogP contribution in [0.4, 0.5) is 10.1 Å². The summed E-state index contributed by atoms with van der Waals surface area (Å²) in [6, 6.07) is 2.05. The second-order valence-corrected chi connectivity index (χ2v) is 7.88. The minimum absolute atomic E-state index is 0.0660. The van der Waals surface area contributed by atoms with Crippen LogP contribution in [0.25, 0.3) is 0 Å². The number of piperazine rings is 1. The molecule has 0 unspecified atom stereocenters. The second-order valence-electron chi connectivity index (χ2n) is 5.20. The van der Waals surface area contributed by atoms with Crippen molar-refractivity contribution in [2.75, 3.05) is 18.8 Å². The SMILES string of the molecule is CC1(C)C(=O)NCCN1S(=O)(=O)c1cc(N)c(Br)cc1F. The molecular formula is C12H15BrFN3O3S. The van der Waals surface area contributed by atoms with E-state index in [1.165, 1.54) is 13.8 Å². The third-order valence-electron chi connectivity index (χ3n) is 3.40. The highest BCUT2D eigenvalue weighted by Gasteiger charge is 2.45. The molecule has 1 amide bonds. The lowest BCUT2D eigenvalue weighted by Gasteiger charge is -2.39. The molecule has 116 valence electrons. The van der Waals surface area contributed by atoms with Gasteiger partial charge < -0.3 is 11.1 Å². The van der Waals surface area contributed by atoms with Crippen LogP contribution in [-0.2, 0) is 14.8 Å². The van der Waals surface area contributed by atoms with Gasteiger partial charge in [-0.15, -0.1) is 0 Å². The van der Waals surface area contributed by atoms with Crippen molar-refractivity contribution in [2.24, 2.45) is 0 Å². The molecule has 1 aliphatic heterocycles. The smallest absolute Gasteiger partial charge is 0.247 e. The van der Waals surface area contributed by atoms with E-state index >= 15 is 0 Å². The third-order valence-corrected chi connectivity index (χ3v) is 6.17. The number of hydrogen-bond acceptors (Lipinski definition) is 4. The first kappa shape index (κ1) is 16.2. The number of carbonyl (C=O) groups is 1. The van der Waals surface area contributed by atoms with Gasteiger partial charge in [0.2, 0.25) is 15.9 Å². The standard InChI is InChI=1S/C12H15BrFN3O3S/c1-12(2)11(18)16-3-4-17(12)21(19,20)10-6-9(15)7(13)5-8(10)14/h5-6H,3-4,15H2,1-2H3,(H,16,18). The van der Waals surface area contributed by atoms with Crippen molar-refractivity contribution in [1.29, 1.82) is 0 Å². The van der Waals surface area contributed by atoms with Gasteiger partial charge in [0.05, 0.1) is 0 Å². The Labute approximate surface area is 130 Å². The van der Waals surface area contributed by atoms with Gasteiger partial charge in [0.15, 0.2) is 0 Å². The molecule has 0 spiro atoms. The third kappa shape index (κ3) is 2.65. The van der Waals surface area contributed by atoms with Gasteiger partial charge in [-0.2, -0.15) is 4.31 Å². The number of sulfonamides is 1. The molecule has 2 rings (SSSR count). The van der Waals surface area contributed by atoms with E-state index in [4.69, 9.17) is 5.73 Å². The van der Waals surface area contributed by atoms with Gasteiger partial charge in [0.25, 0.3) is 0 Å². The zero-order chi connectivity index (χ0) is 16.0. The van der Waals surface area contributed by atoms with Crippen LogP contribution in [0.2, 0.25) is 0 Å². The van der Waals surface area contributed by atoms with E-state index in [-0.39, 0.29) is 23.2 Å². The van der Waals surface area contributed by atoms with Crippen LogP contribution in [0.5, 0.6) is 0 Å². The van der Waals surface area contributed by atoms with Gasteiger partial charge in [-0.3, -0.25) is 4.79 Å². The van der Waals surface area contributed by atoms with Crippen molar-refractivity contribution in [3.63, 3.8) is 0 Å². The summed E-state index contributed by atoms with van der Waals surface area (Å²) in [5.74, 6) is -1.35. The molecule has 6 nitrogen and oxygen atoms in total. The van der Waals surface area contributed by atoms with Crippen molar-refractivity contribution in [3.8, 4) is 0 Å². The van der Waals surface area contributed by atoms with Crippen LogP contribution in [0.15, 0.2) is 21.5 Å². The summed E-state index contributed by atoms with van der Waals surface area (Å²) in [7, 11) is -4.18. The van der Waals surface area contributed by atoms with Crippen molar-refractivity contribution >= 4 is 37.5 Å². The summed E-state index contributed by atoms with van der Waals surface area (Å²) in [5.41, 5.74) is 4.44. The molecule has 1 aliphatic rings. The van der Waals surface area contributed by atoms with Crippen molar-refractivity contribution in [2.45, 2.75) is 24.3 Å². The number of rotatable bonds is 2. The number of benzene rings is 1. The maximum atomic E-state index is 14.0. The van der Waals surface area contributed by atoms with E-state index in [1.807, 2.05) is 0 Å². The lowest BCUT2D eigenvalue weighted by atomic mass is 10.0. The van der Waals surface area contributed by atoms with E-state index in [9.17, 15) is 17.6 Å². The number of hydrogen-bond donors (Lipinski definition) is 2. The molecule has 0 aliphatic carbocycles. The van der Waals surface area contributed by atoms with Crippen molar-refractivity contribution in [1.82, 2.24) is 9.62 Å². The van der Waals surface area contributed by atoms with Crippen LogP contribution < -0.4 is 11.1 Å². The minimum atomic E-state index is -4.18. The Hall–Kier alpha value is -1.19. The highest BCUT2D eigenvalue weighted by atomic mass is 79.9.